The van der Waals surface area contributed by atoms with Crippen molar-refractivity contribution in [3.8, 4) is 5.75 Å². The van der Waals surface area contributed by atoms with E-state index in [4.69, 9.17) is 4.74 Å². The van der Waals surface area contributed by atoms with E-state index < -0.39 is 10.0 Å². The Morgan fingerprint density at radius 3 is 2.83 bits per heavy atom. The third-order valence-electron chi connectivity index (χ3n) is 3.88. The van der Waals surface area contributed by atoms with E-state index in [9.17, 15) is 12.8 Å². The van der Waals surface area contributed by atoms with Crippen LogP contribution in [0.15, 0.2) is 47.4 Å². The Kier molecular flexibility index (Phi) is 4.37. The van der Waals surface area contributed by atoms with Crippen molar-refractivity contribution in [2.45, 2.75) is 24.3 Å². The van der Waals surface area contributed by atoms with Gasteiger partial charge in [0.05, 0.1) is 11.5 Å². The fourth-order valence-corrected chi connectivity index (χ4v) is 3.86. The van der Waals surface area contributed by atoms with Crippen LogP contribution in [0.1, 0.15) is 17.5 Å². The molecular formula is C17H18FNO3S. The Balaban J connectivity index is 1.85. The summed E-state index contributed by atoms with van der Waals surface area (Å²) in [6, 6.07) is 10.9. The zero-order chi connectivity index (χ0) is 16.4. The molecule has 0 saturated heterocycles. The van der Waals surface area contributed by atoms with Crippen molar-refractivity contribution in [1.29, 1.82) is 0 Å². The molecule has 0 amide bonds. The molecule has 3 rings (SSSR count). The second kappa shape index (κ2) is 6.29. The van der Waals surface area contributed by atoms with Crippen LogP contribution in [0.5, 0.6) is 5.75 Å². The van der Waals surface area contributed by atoms with Crippen molar-refractivity contribution in [2.24, 2.45) is 0 Å². The number of ether oxygens (including phenoxy) is 1. The monoisotopic (exact) mass is 335 g/mol. The molecule has 0 radical (unpaired) electrons. The largest absolute Gasteiger partial charge is 0.493 e. The quantitative estimate of drug-likeness (QED) is 0.863. The van der Waals surface area contributed by atoms with Gasteiger partial charge in [0, 0.05) is 13.6 Å². The van der Waals surface area contributed by atoms with Gasteiger partial charge >= 0.3 is 0 Å². The lowest BCUT2D eigenvalue weighted by Gasteiger charge is -2.21. The van der Waals surface area contributed by atoms with Crippen molar-refractivity contribution < 1.29 is 17.5 Å². The van der Waals surface area contributed by atoms with E-state index in [2.05, 4.69) is 0 Å². The molecule has 1 aliphatic rings. The van der Waals surface area contributed by atoms with E-state index in [1.807, 2.05) is 0 Å². The molecule has 0 N–H and O–H groups in total. The van der Waals surface area contributed by atoms with E-state index in [1.165, 1.54) is 23.5 Å². The number of aryl methyl sites for hydroxylation is 1. The molecule has 0 atom stereocenters. The Bertz CT molecular complexity index is 820. The Morgan fingerprint density at radius 2 is 2.04 bits per heavy atom. The Morgan fingerprint density at radius 1 is 1.22 bits per heavy atom. The van der Waals surface area contributed by atoms with Crippen LogP contribution >= 0.6 is 0 Å². The van der Waals surface area contributed by atoms with Crippen molar-refractivity contribution in [1.82, 2.24) is 4.31 Å². The van der Waals surface area contributed by atoms with Crippen molar-refractivity contribution in [3.05, 3.63) is 59.4 Å². The maximum Gasteiger partial charge on any atom is 0.243 e. The molecule has 0 bridgehead atoms. The highest BCUT2D eigenvalue weighted by molar-refractivity contribution is 7.89. The molecule has 0 unspecified atom stereocenters. The molecule has 2 aromatic rings. The standard InChI is InChI=1S/C17H18FNO3S/c1-19(12-13-4-2-6-15(18)10-13)23(20,21)16-7-8-17-14(11-16)5-3-9-22-17/h2,4,6-8,10-11H,3,5,9,12H2,1H3. The molecule has 0 fully saturated rings. The summed E-state index contributed by atoms with van der Waals surface area (Å²) in [7, 11) is -2.13. The number of hydrogen-bond acceptors (Lipinski definition) is 3. The summed E-state index contributed by atoms with van der Waals surface area (Å²) in [4.78, 5) is 0.237. The second-order valence-electron chi connectivity index (χ2n) is 5.61. The minimum atomic E-state index is -3.63. The van der Waals surface area contributed by atoms with E-state index in [0.29, 0.717) is 12.2 Å². The summed E-state index contributed by atoms with van der Waals surface area (Å²) in [5.74, 6) is 0.377. The molecule has 1 aliphatic heterocycles. The lowest BCUT2D eigenvalue weighted by Crippen LogP contribution is -2.26. The van der Waals surface area contributed by atoms with Crippen LogP contribution in [0, 0.1) is 5.82 Å². The van der Waals surface area contributed by atoms with E-state index in [-0.39, 0.29) is 17.3 Å². The maximum atomic E-state index is 13.2. The minimum Gasteiger partial charge on any atom is -0.493 e. The summed E-state index contributed by atoms with van der Waals surface area (Å²) in [5.41, 5.74) is 1.52. The predicted octanol–water partition coefficient (Wildman–Crippen LogP) is 2.97. The maximum absolute atomic E-state index is 13.2. The third-order valence-corrected chi connectivity index (χ3v) is 5.68. The van der Waals surface area contributed by atoms with Crippen LogP contribution in [0.25, 0.3) is 0 Å². The SMILES string of the molecule is CN(Cc1cccc(F)c1)S(=O)(=O)c1ccc2c(c1)CCCO2. The summed E-state index contributed by atoms with van der Waals surface area (Å²) < 4.78 is 45.4. The van der Waals surface area contributed by atoms with Gasteiger partial charge in [-0.2, -0.15) is 4.31 Å². The number of sulfonamides is 1. The molecule has 0 saturated carbocycles. The van der Waals surface area contributed by atoms with Crippen LogP contribution in [-0.4, -0.2) is 26.4 Å². The summed E-state index contributed by atoms with van der Waals surface area (Å²) >= 11 is 0. The average Bonchev–Trinajstić information content (AvgIpc) is 2.54. The number of fused-ring (bicyclic) bond motifs is 1. The fourth-order valence-electron chi connectivity index (χ4n) is 2.65. The van der Waals surface area contributed by atoms with Crippen molar-refractivity contribution >= 4 is 10.0 Å². The van der Waals surface area contributed by atoms with Crippen molar-refractivity contribution in [3.63, 3.8) is 0 Å². The van der Waals surface area contributed by atoms with E-state index in [1.54, 1.807) is 30.3 Å². The summed E-state index contributed by atoms with van der Waals surface area (Å²) in [6.45, 7) is 0.784. The second-order valence-corrected chi connectivity index (χ2v) is 7.66. The smallest absolute Gasteiger partial charge is 0.243 e. The highest BCUT2D eigenvalue weighted by atomic mass is 32.2. The van der Waals surface area contributed by atoms with Gasteiger partial charge in [0.1, 0.15) is 11.6 Å². The zero-order valence-corrected chi connectivity index (χ0v) is 13.6. The van der Waals surface area contributed by atoms with E-state index >= 15 is 0 Å². The molecule has 122 valence electrons. The molecule has 6 heteroatoms. The zero-order valence-electron chi connectivity index (χ0n) is 12.8. The third kappa shape index (κ3) is 3.38. The highest BCUT2D eigenvalue weighted by Gasteiger charge is 2.23. The molecule has 4 nitrogen and oxygen atoms in total. The topological polar surface area (TPSA) is 46.6 Å². The molecule has 0 spiro atoms. The van der Waals surface area contributed by atoms with Gasteiger partial charge in [0.2, 0.25) is 10.0 Å². The fraction of sp³-hybridized carbons (Fsp3) is 0.294. The molecule has 1 heterocycles. The average molecular weight is 335 g/mol. The van der Waals surface area contributed by atoms with Crippen molar-refractivity contribution in [2.75, 3.05) is 13.7 Å². The molecule has 0 aliphatic carbocycles. The normalized spacial score (nSPS) is 14.4. The number of nitrogens with zero attached hydrogens (tertiary/aromatic N) is 1. The van der Waals surface area contributed by atoms with Crippen LogP contribution in [0.3, 0.4) is 0 Å². The first-order valence-electron chi connectivity index (χ1n) is 7.43. The van der Waals surface area contributed by atoms with Gasteiger partial charge in [0.25, 0.3) is 0 Å². The lowest BCUT2D eigenvalue weighted by atomic mass is 10.1. The van der Waals surface area contributed by atoms with Crippen LogP contribution < -0.4 is 4.74 Å². The first-order chi connectivity index (χ1) is 11.0. The highest BCUT2D eigenvalue weighted by Crippen LogP contribution is 2.28. The van der Waals surface area contributed by atoms with Gasteiger partial charge in [0.15, 0.2) is 0 Å². The van der Waals surface area contributed by atoms with Gasteiger partial charge in [-0.25, -0.2) is 12.8 Å². The summed E-state index contributed by atoms with van der Waals surface area (Å²) in [6.07, 6.45) is 1.70. The lowest BCUT2D eigenvalue weighted by molar-refractivity contribution is 0.288. The van der Waals surface area contributed by atoms with Crippen LogP contribution in [0.2, 0.25) is 0 Å². The van der Waals surface area contributed by atoms with Crippen LogP contribution in [-0.2, 0) is 23.0 Å². The molecule has 2 aromatic carbocycles. The number of hydrogen-bond donors (Lipinski definition) is 0. The molecular weight excluding hydrogens is 317 g/mol. The van der Waals surface area contributed by atoms with Gasteiger partial charge in [-0.05, 0) is 54.3 Å². The minimum absolute atomic E-state index is 0.119. The number of halogens is 1. The predicted molar refractivity (Wildman–Crippen MR) is 85.3 cm³/mol. The van der Waals surface area contributed by atoms with Gasteiger partial charge < -0.3 is 4.74 Å². The number of rotatable bonds is 4. The first-order valence-corrected chi connectivity index (χ1v) is 8.87. The summed E-state index contributed by atoms with van der Waals surface area (Å²) in [5, 5.41) is 0. The Labute approximate surface area is 135 Å². The first kappa shape index (κ1) is 16.0. The molecule has 0 aromatic heterocycles. The van der Waals surface area contributed by atoms with Gasteiger partial charge in [-0.1, -0.05) is 12.1 Å². The van der Waals surface area contributed by atoms with Gasteiger partial charge in [-0.3, -0.25) is 0 Å². The van der Waals surface area contributed by atoms with E-state index in [0.717, 1.165) is 24.2 Å². The Hall–Kier alpha value is -1.92. The number of benzene rings is 2. The van der Waals surface area contributed by atoms with Crippen LogP contribution in [0.4, 0.5) is 4.39 Å². The van der Waals surface area contributed by atoms with Gasteiger partial charge in [-0.15, -0.1) is 0 Å². The molecule has 23 heavy (non-hydrogen) atoms.